The second-order valence-electron chi connectivity index (χ2n) is 2.46. The lowest BCUT2D eigenvalue weighted by Crippen LogP contribution is -1.80. The standard InChI is InChI=1S/C8H14.ClH/c1-2-4-6-8-7-5-3-1;/h1-2H,3-8H2;1H. The van der Waals surface area contributed by atoms with Crippen LogP contribution in [0.5, 0.6) is 0 Å². The Bertz CT molecular complexity index is 66.6. The molecule has 1 aliphatic carbocycles. The number of hydrogen-bond acceptors (Lipinski definition) is 0. The molecule has 0 nitrogen and oxygen atoms in total. The average Bonchev–Trinajstić information content (AvgIpc) is 1.62. The van der Waals surface area contributed by atoms with Crippen LogP contribution in [0.4, 0.5) is 0 Å². The molecule has 0 unspecified atom stereocenters. The minimum atomic E-state index is 0. The molecule has 0 heterocycles. The van der Waals surface area contributed by atoms with E-state index in [9.17, 15) is 0 Å². The number of halogens is 1. The van der Waals surface area contributed by atoms with Crippen LogP contribution in [0.2, 0.25) is 0 Å². The van der Waals surface area contributed by atoms with Crippen molar-refractivity contribution in [2.75, 3.05) is 0 Å². The average molecular weight is 147 g/mol. The lowest BCUT2D eigenvalue weighted by Gasteiger charge is -2.00. The fourth-order valence-electron chi connectivity index (χ4n) is 1.11. The second-order valence-corrected chi connectivity index (χ2v) is 2.46. The lowest BCUT2D eigenvalue weighted by molar-refractivity contribution is 0.638. The summed E-state index contributed by atoms with van der Waals surface area (Å²) in [6.07, 6.45) is 13.0. The summed E-state index contributed by atoms with van der Waals surface area (Å²) in [5.74, 6) is 0. The molecule has 0 radical (unpaired) electrons. The normalized spacial score (nSPS) is 19.6. The first-order chi connectivity index (χ1) is 4.00. The van der Waals surface area contributed by atoms with E-state index < -0.39 is 0 Å². The SMILES string of the molecule is C1=CCCCCCC1.Cl. The van der Waals surface area contributed by atoms with Crippen molar-refractivity contribution in [1.82, 2.24) is 0 Å². The molecule has 0 bridgehead atoms. The van der Waals surface area contributed by atoms with Crippen molar-refractivity contribution < 1.29 is 0 Å². The number of rotatable bonds is 0. The predicted octanol–water partition coefficient (Wildman–Crippen LogP) is 3.32. The first-order valence-corrected chi connectivity index (χ1v) is 3.65. The zero-order chi connectivity index (χ0) is 5.66. The summed E-state index contributed by atoms with van der Waals surface area (Å²) in [6, 6.07) is 0. The van der Waals surface area contributed by atoms with Crippen LogP contribution in [0, 0.1) is 0 Å². The van der Waals surface area contributed by atoms with Gasteiger partial charge in [0.2, 0.25) is 0 Å². The fraction of sp³-hybridized carbons (Fsp3) is 0.750. The van der Waals surface area contributed by atoms with Gasteiger partial charge in [0.15, 0.2) is 0 Å². The highest BCUT2D eigenvalue weighted by Crippen LogP contribution is 2.09. The van der Waals surface area contributed by atoms with Gasteiger partial charge >= 0.3 is 0 Å². The maximum Gasteiger partial charge on any atom is -0.0351 e. The van der Waals surface area contributed by atoms with E-state index in [0.717, 1.165) is 0 Å². The topological polar surface area (TPSA) is 0 Å². The molecule has 0 saturated heterocycles. The van der Waals surface area contributed by atoms with Gasteiger partial charge in [-0.15, -0.1) is 12.4 Å². The summed E-state index contributed by atoms with van der Waals surface area (Å²) in [7, 11) is 0. The molecule has 0 atom stereocenters. The third-order valence-corrected chi connectivity index (χ3v) is 1.66. The van der Waals surface area contributed by atoms with Crippen LogP contribution in [0.25, 0.3) is 0 Å². The van der Waals surface area contributed by atoms with Crippen molar-refractivity contribution in [2.45, 2.75) is 38.5 Å². The monoisotopic (exact) mass is 146 g/mol. The zero-order valence-corrected chi connectivity index (χ0v) is 6.62. The number of hydrogen-bond donors (Lipinski definition) is 0. The van der Waals surface area contributed by atoms with Crippen molar-refractivity contribution in [2.24, 2.45) is 0 Å². The third kappa shape index (κ3) is 4.53. The predicted molar refractivity (Wildman–Crippen MR) is 44.1 cm³/mol. The van der Waals surface area contributed by atoms with Crippen LogP contribution in [-0.4, -0.2) is 0 Å². The molecule has 9 heavy (non-hydrogen) atoms. The van der Waals surface area contributed by atoms with Gasteiger partial charge in [-0.25, -0.2) is 0 Å². The van der Waals surface area contributed by atoms with Crippen molar-refractivity contribution in [3.8, 4) is 0 Å². The number of allylic oxidation sites excluding steroid dienone is 2. The first kappa shape index (κ1) is 9.03. The van der Waals surface area contributed by atoms with E-state index in [0.29, 0.717) is 0 Å². The highest BCUT2D eigenvalue weighted by atomic mass is 35.5. The molecular formula is C8H15Cl. The Hall–Kier alpha value is 0.0300. The molecule has 0 N–H and O–H groups in total. The third-order valence-electron chi connectivity index (χ3n) is 1.66. The molecule has 0 spiro atoms. The Labute approximate surface area is 63.8 Å². The molecule has 0 saturated carbocycles. The molecule has 0 aliphatic heterocycles. The van der Waals surface area contributed by atoms with Gasteiger partial charge in [0.25, 0.3) is 0 Å². The van der Waals surface area contributed by atoms with Gasteiger partial charge in [0.1, 0.15) is 0 Å². The summed E-state index contributed by atoms with van der Waals surface area (Å²) < 4.78 is 0. The second kappa shape index (κ2) is 6.15. The van der Waals surface area contributed by atoms with E-state index in [2.05, 4.69) is 12.2 Å². The minimum Gasteiger partial charge on any atom is -0.147 e. The zero-order valence-electron chi connectivity index (χ0n) is 5.81. The Kier molecular flexibility index (Phi) is 6.18. The van der Waals surface area contributed by atoms with Crippen molar-refractivity contribution in [3.05, 3.63) is 12.2 Å². The first-order valence-electron chi connectivity index (χ1n) is 3.65. The quantitative estimate of drug-likeness (QED) is 0.460. The smallest absolute Gasteiger partial charge is 0.0351 e. The van der Waals surface area contributed by atoms with Crippen molar-refractivity contribution in [3.63, 3.8) is 0 Å². The Balaban J connectivity index is 0.000000640. The van der Waals surface area contributed by atoms with Gasteiger partial charge in [-0.2, -0.15) is 0 Å². The Morgan fingerprint density at radius 2 is 1.11 bits per heavy atom. The van der Waals surface area contributed by atoms with Gasteiger partial charge in [0.05, 0.1) is 0 Å². The molecular weight excluding hydrogens is 132 g/mol. The van der Waals surface area contributed by atoms with Crippen LogP contribution in [-0.2, 0) is 0 Å². The Morgan fingerprint density at radius 1 is 0.667 bits per heavy atom. The highest BCUT2D eigenvalue weighted by Gasteiger charge is 1.89. The maximum atomic E-state index is 2.32. The van der Waals surface area contributed by atoms with Crippen molar-refractivity contribution >= 4 is 12.4 Å². The molecule has 0 fully saturated rings. The Morgan fingerprint density at radius 3 is 1.56 bits per heavy atom. The molecule has 54 valence electrons. The summed E-state index contributed by atoms with van der Waals surface area (Å²) in [6.45, 7) is 0. The molecule has 0 aromatic rings. The largest absolute Gasteiger partial charge is 0.147 e. The van der Waals surface area contributed by atoms with Gasteiger partial charge < -0.3 is 0 Å². The summed E-state index contributed by atoms with van der Waals surface area (Å²) in [5, 5.41) is 0. The van der Waals surface area contributed by atoms with Gasteiger partial charge in [0, 0.05) is 0 Å². The van der Waals surface area contributed by atoms with Crippen LogP contribution in [0.1, 0.15) is 38.5 Å². The van der Waals surface area contributed by atoms with E-state index in [1.54, 1.807) is 0 Å². The van der Waals surface area contributed by atoms with E-state index in [1.165, 1.54) is 38.5 Å². The van der Waals surface area contributed by atoms with Crippen LogP contribution >= 0.6 is 12.4 Å². The maximum absolute atomic E-state index is 2.32. The summed E-state index contributed by atoms with van der Waals surface area (Å²) in [4.78, 5) is 0. The van der Waals surface area contributed by atoms with Gasteiger partial charge in [-0.1, -0.05) is 25.0 Å². The highest BCUT2D eigenvalue weighted by molar-refractivity contribution is 5.85. The molecule has 0 amide bonds. The molecule has 1 rings (SSSR count). The van der Waals surface area contributed by atoms with Gasteiger partial charge in [-0.05, 0) is 25.7 Å². The van der Waals surface area contributed by atoms with E-state index in [-0.39, 0.29) is 12.4 Å². The van der Waals surface area contributed by atoms with E-state index in [1.807, 2.05) is 0 Å². The fourth-order valence-corrected chi connectivity index (χ4v) is 1.11. The minimum absolute atomic E-state index is 0. The van der Waals surface area contributed by atoms with E-state index >= 15 is 0 Å². The van der Waals surface area contributed by atoms with Gasteiger partial charge in [-0.3, -0.25) is 0 Å². The lowest BCUT2D eigenvalue weighted by atomic mass is 10.1. The van der Waals surface area contributed by atoms with Crippen LogP contribution in [0.3, 0.4) is 0 Å². The summed E-state index contributed by atoms with van der Waals surface area (Å²) >= 11 is 0. The van der Waals surface area contributed by atoms with Crippen LogP contribution in [0.15, 0.2) is 12.2 Å². The molecule has 0 aromatic carbocycles. The molecule has 1 heteroatoms. The molecule has 0 aromatic heterocycles. The summed E-state index contributed by atoms with van der Waals surface area (Å²) in [5.41, 5.74) is 0. The van der Waals surface area contributed by atoms with Crippen LogP contribution < -0.4 is 0 Å². The van der Waals surface area contributed by atoms with E-state index in [4.69, 9.17) is 0 Å². The van der Waals surface area contributed by atoms with Crippen molar-refractivity contribution in [1.29, 1.82) is 0 Å². The molecule has 1 aliphatic rings.